The van der Waals surface area contributed by atoms with Crippen LogP contribution in [0.5, 0.6) is 5.75 Å². The predicted molar refractivity (Wildman–Crippen MR) is 73.9 cm³/mol. The summed E-state index contributed by atoms with van der Waals surface area (Å²) < 4.78 is 5.60. The quantitative estimate of drug-likeness (QED) is 0.719. The van der Waals surface area contributed by atoms with E-state index in [9.17, 15) is 0 Å². The van der Waals surface area contributed by atoms with E-state index >= 15 is 0 Å². The lowest BCUT2D eigenvalue weighted by atomic mass is 9.91. The molecule has 0 radical (unpaired) electrons. The highest BCUT2D eigenvalue weighted by molar-refractivity contribution is 9.09. The van der Waals surface area contributed by atoms with E-state index in [-0.39, 0.29) is 0 Å². The third-order valence-electron chi connectivity index (χ3n) is 3.15. The number of alkyl halides is 1. The van der Waals surface area contributed by atoms with Crippen molar-refractivity contribution in [2.24, 2.45) is 0 Å². The van der Waals surface area contributed by atoms with Gasteiger partial charge in [-0.2, -0.15) is 0 Å². The zero-order chi connectivity index (χ0) is 12.1. The Morgan fingerprint density at radius 1 is 1.25 bits per heavy atom. The fourth-order valence-electron chi connectivity index (χ4n) is 1.98. The van der Waals surface area contributed by atoms with E-state index < -0.39 is 0 Å². The number of hydrogen-bond donors (Lipinski definition) is 0. The average molecular weight is 285 g/mol. The summed E-state index contributed by atoms with van der Waals surface area (Å²) in [6.07, 6.45) is 1.17. The number of benzene rings is 1. The van der Waals surface area contributed by atoms with Gasteiger partial charge in [0.05, 0.1) is 6.61 Å². The molecule has 0 aromatic heterocycles. The molecule has 0 N–H and O–H groups in total. The van der Waals surface area contributed by atoms with E-state index in [2.05, 4.69) is 48.8 Å². The van der Waals surface area contributed by atoms with Gasteiger partial charge in [-0.25, -0.2) is 0 Å². The first kappa shape index (κ1) is 13.6. The van der Waals surface area contributed by atoms with Crippen molar-refractivity contribution in [1.29, 1.82) is 0 Å². The molecule has 1 nitrogen and oxygen atoms in total. The molecule has 2 heteroatoms. The molecule has 1 unspecified atom stereocenters. The van der Waals surface area contributed by atoms with E-state index in [1.807, 2.05) is 6.92 Å². The maximum Gasteiger partial charge on any atom is 0.122 e. The SMILES string of the molecule is CCOc1ccc(C(C)CCBr)c(C)c1C. The second-order valence-corrected chi connectivity index (χ2v) is 5.01. The Morgan fingerprint density at radius 2 is 1.94 bits per heavy atom. The lowest BCUT2D eigenvalue weighted by molar-refractivity contribution is 0.337. The summed E-state index contributed by atoms with van der Waals surface area (Å²) in [5.41, 5.74) is 4.10. The van der Waals surface area contributed by atoms with Gasteiger partial charge < -0.3 is 4.74 Å². The van der Waals surface area contributed by atoms with Crippen molar-refractivity contribution in [2.45, 2.75) is 40.0 Å². The Balaban J connectivity index is 3.01. The third-order valence-corrected chi connectivity index (χ3v) is 3.61. The van der Waals surface area contributed by atoms with Crippen LogP contribution in [0.15, 0.2) is 12.1 Å². The van der Waals surface area contributed by atoms with Gasteiger partial charge in [-0.1, -0.05) is 28.9 Å². The lowest BCUT2D eigenvalue weighted by Gasteiger charge is -2.17. The van der Waals surface area contributed by atoms with E-state index in [0.717, 1.165) is 17.7 Å². The summed E-state index contributed by atoms with van der Waals surface area (Å²) in [5, 5.41) is 1.06. The number of ether oxygens (including phenoxy) is 1. The molecule has 0 bridgehead atoms. The van der Waals surface area contributed by atoms with Gasteiger partial charge in [-0.3, -0.25) is 0 Å². The third kappa shape index (κ3) is 3.00. The van der Waals surface area contributed by atoms with Gasteiger partial charge in [-0.05, 0) is 55.9 Å². The Kier molecular flexibility index (Phi) is 5.33. The second-order valence-electron chi connectivity index (χ2n) is 4.21. The van der Waals surface area contributed by atoms with Gasteiger partial charge >= 0.3 is 0 Å². The molecule has 0 aliphatic heterocycles. The van der Waals surface area contributed by atoms with Crippen LogP contribution in [-0.2, 0) is 0 Å². The first-order chi connectivity index (χ1) is 7.61. The van der Waals surface area contributed by atoms with Crippen molar-refractivity contribution < 1.29 is 4.74 Å². The molecule has 1 aromatic carbocycles. The fraction of sp³-hybridized carbons (Fsp3) is 0.571. The standard InChI is InChI=1S/C14H21BrO/c1-5-16-14-7-6-13(10(2)8-9-15)11(3)12(14)4/h6-7,10H,5,8-9H2,1-4H3. The number of halogens is 1. The molecule has 0 spiro atoms. The summed E-state index contributed by atoms with van der Waals surface area (Å²) in [5.74, 6) is 1.63. The monoisotopic (exact) mass is 284 g/mol. The minimum atomic E-state index is 0.605. The van der Waals surface area contributed by atoms with Gasteiger partial charge in [-0.15, -0.1) is 0 Å². The molecule has 0 heterocycles. The molecule has 0 saturated carbocycles. The molecule has 90 valence electrons. The molecule has 1 rings (SSSR count). The van der Waals surface area contributed by atoms with Gasteiger partial charge in [0, 0.05) is 5.33 Å². The first-order valence-electron chi connectivity index (χ1n) is 5.90. The van der Waals surface area contributed by atoms with Crippen LogP contribution in [0.2, 0.25) is 0 Å². The van der Waals surface area contributed by atoms with Crippen LogP contribution in [0.1, 0.15) is 42.9 Å². The molecule has 1 aromatic rings. The molecule has 0 aliphatic carbocycles. The highest BCUT2D eigenvalue weighted by Gasteiger charge is 2.12. The van der Waals surface area contributed by atoms with Crippen molar-refractivity contribution in [2.75, 3.05) is 11.9 Å². The van der Waals surface area contributed by atoms with E-state index in [1.165, 1.54) is 23.1 Å². The largest absolute Gasteiger partial charge is 0.494 e. The Morgan fingerprint density at radius 3 is 2.50 bits per heavy atom. The normalized spacial score (nSPS) is 12.6. The van der Waals surface area contributed by atoms with E-state index in [4.69, 9.17) is 4.74 Å². The summed E-state index contributed by atoms with van der Waals surface area (Å²) in [6, 6.07) is 4.31. The number of rotatable bonds is 5. The highest BCUT2D eigenvalue weighted by Crippen LogP contribution is 2.30. The van der Waals surface area contributed by atoms with Gasteiger partial charge in [0.25, 0.3) is 0 Å². The van der Waals surface area contributed by atoms with Crippen molar-refractivity contribution in [3.63, 3.8) is 0 Å². The van der Waals surface area contributed by atoms with E-state index in [0.29, 0.717) is 5.92 Å². The Labute approximate surface area is 107 Å². The Bertz CT molecular complexity index is 347. The maximum atomic E-state index is 5.60. The molecule has 1 atom stereocenters. The fourth-order valence-corrected chi connectivity index (χ4v) is 2.67. The highest BCUT2D eigenvalue weighted by atomic mass is 79.9. The zero-order valence-corrected chi connectivity index (χ0v) is 12.2. The molecule has 16 heavy (non-hydrogen) atoms. The van der Waals surface area contributed by atoms with Gasteiger partial charge in [0.15, 0.2) is 0 Å². The summed E-state index contributed by atoms with van der Waals surface area (Å²) in [6.45, 7) is 9.37. The van der Waals surface area contributed by atoms with Crippen LogP contribution in [0, 0.1) is 13.8 Å². The van der Waals surface area contributed by atoms with Crippen LogP contribution >= 0.6 is 15.9 Å². The molecular formula is C14H21BrO. The summed E-state index contributed by atoms with van der Waals surface area (Å²) in [7, 11) is 0. The van der Waals surface area contributed by atoms with Crippen LogP contribution in [-0.4, -0.2) is 11.9 Å². The smallest absolute Gasteiger partial charge is 0.122 e. The average Bonchev–Trinajstić information content (AvgIpc) is 2.25. The van der Waals surface area contributed by atoms with Crippen LogP contribution < -0.4 is 4.74 Å². The molecule has 0 amide bonds. The minimum Gasteiger partial charge on any atom is -0.494 e. The van der Waals surface area contributed by atoms with Gasteiger partial charge in [0.1, 0.15) is 5.75 Å². The summed E-state index contributed by atoms with van der Waals surface area (Å²) >= 11 is 3.50. The molecule has 0 fully saturated rings. The minimum absolute atomic E-state index is 0.605. The lowest BCUT2D eigenvalue weighted by Crippen LogP contribution is -2.02. The van der Waals surface area contributed by atoms with Crippen LogP contribution in [0.3, 0.4) is 0 Å². The van der Waals surface area contributed by atoms with E-state index in [1.54, 1.807) is 0 Å². The molecule has 0 aliphatic rings. The van der Waals surface area contributed by atoms with Crippen molar-refractivity contribution in [3.05, 3.63) is 28.8 Å². The Hall–Kier alpha value is -0.500. The topological polar surface area (TPSA) is 9.23 Å². The van der Waals surface area contributed by atoms with Crippen molar-refractivity contribution >= 4 is 15.9 Å². The zero-order valence-electron chi connectivity index (χ0n) is 10.6. The van der Waals surface area contributed by atoms with Crippen LogP contribution in [0.25, 0.3) is 0 Å². The predicted octanol–water partition coefficient (Wildman–Crippen LogP) is 4.59. The maximum absolute atomic E-state index is 5.60. The molecule has 0 saturated heterocycles. The molecular weight excluding hydrogens is 264 g/mol. The van der Waals surface area contributed by atoms with Crippen LogP contribution in [0.4, 0.5) is 0 Å². The van der Waals surface area contributed by atoms with Crippen molar-refractivity contribution in [3.8, 4) is 5.75 Å². The number of hydrogen-bond acceptors (Lipinski definition) is 1. The second kappa shape index (κ2) is 6.29. The van der Waals surface area contributed by atoms with Gasteiger partial charge in [0.2, 0.25) is 0 Å². The summed E-state index contributed by atoms with van der Waals surface area (Å²) in [4.78, 5) is 0. The first-order valence-corrected chi connectivity index (χ1v) is 7.02. The van der Waals surface area contributed by atoms with Crippen molar-refractivity contribution in [1.82, 2.24) is 0 Å².